The highest BCUT2D eigenvalue weighted by Crippen LogP contribution is 2.43. The van der Waals surface area contributed by atoms with E-state index in [1.54, 1.807) is 11.8 Å². The van der Waals surface area contributed by atoms with E-state index in [1.807, 2.05) is 6.92 Å². The van der Waals surface area contributed by atoms with Crippen LogP contribution in [0.25, 0.3) is 0 Å². The maximum absolute atomic E-state index is 11.9. The van der Waals surface area contributed by atoms with E-state index in [-0.39, 0.29) is 17.9 Å². The van der Waals surface area contributed by atoms with Gasteiger partial charge in [-0.3, -0.25) is 4.79 Å². The molecule has 96 valence electrons. The van der Waals surface area contributed by atoms with Crippen molar-refractivity contribution in [1.82, 2.24) is 4.90 Å². The molecular formula is C13H21NO3. The Morgan fingerprint density at radius 1 is 1.35 bits per heavy atom. The second-order valence-corrected chi connectivity index (χ2v) is 5.18. The fourth-order valence-corrected chi connectivity index (χ4v) is 3.39. The topological polar surface area (TPSA) is 46.6 Å². The highest BCUT2D eigenvalue weighted by Gasteiger charge is 2.46. The standard InChI is InChI=1S/C13H21NO3/c1-3-17-13(16)14-8-10-5-4-6-11(10)12(14)7-9(2)15/h10-12H,3-8H2,1-2H3. The number of nitrogens with zero attached hydrogens (tertiary/aromatic N) is 1. The van der Waals surface area contributed by atoms with Gasteiger partial charge in [0, 0.05) is 19.0 Å². The summed E-state index contributed by atoms with van der Waals surface area (Å²) in [6.45, 7) is 4.60. The largest absolute Gasteiger partial charge is 0.450 e. The summed E-state index contributed by atoms with van der Waals surface area (Å²) in [6, 6.07) is 0.0825. The van der Waals surface area contributed by atoms with Crippen LogP contribution in [-0.2, 0) is 9.53 Å². The van der Waals surface area contributed by atoms with E-state index in [9.17, 15) is 9.59 Å². The Kier molecular flexibility index (Phi) is 3.69. The zero-order valence-corrected chi connectivity index (χ0v) is 10.6. The van der Waals surface area contributed by atoms with Crippen LogP contribution in [0.1, 0.15) is 39.5 Å². The van der Waals surface area contributed by atoms with Crippen molar-refractivity contribution in [3.63, 3.8) is 0 Å². The van der Waals surface area contributed by atoms with E-state index in [1.165, 1.54) is 12.8 Å². The van der Waals surface area contributed by atoms with Gasteiger partial charge in [-0.25, -0.2) is 4.79 Å². The Morgan fingerprint density at radius 3 is 2.76 bits per heavy atom. The molecule has 17 heavy (non-hydrogen) atoms. The number of likely N-dealkylation sites (tertiary alicyclic amines) is 1. The number of amides is 1. The molecule has 2 aliphatic rings. The van der Waals surface area contributed by atoms with Crippen molar-refractivity contribution in [2.24, 2.45) is 11.8 Å². The Morgan fingerprint density at radius 2 is 2.12 bits per heavy atom. The molecule has 1 heterocycles. The number of fused-ring (bicyclic) bond motifs is 1. The van der Waals surface area contributed by atoms with Gasteiger partial charge in [0.05, 0.1) is 6.61 Å². The highest BCUT2D eigenvalue weighted by atomic mass is 16.6. The van der Waals surface area contributed by atoms with Crippen LogP contribution in [0.3, 0.4) is 0 Å². The maximum atomic E-state index is 11.9. The van der Waals surface area contributed by atoms with E-state index in [2.05, 4.69) is 0 Å². The third kappa shape index (κ3) is 2.45. The summed E-state index contributed by atoms with van der Waals surface area (Å²) < 4.78 is 5.08. The molecule has 2 fully saturated rings. The Hall–Kier alpha value is -1.06. The molecule has 0 radical (unpaired) electrons. The number of hydrogen-bond acceptors (Lipinski definition) is 3. The lowest BCUT2D eigenvalue weighted by Crippen LogP contribution is -2.39. The first-order valence-electron chi connectivity index (χ1n) is 6.56. The van der Waals surface area contributed by atoms with Crippen molar-refractivity contribution < 1.29 is 14.3 Å². The van der Waals surface area contributed by atoms with Gasteiger partial charge in [0.1, 0.15) is 5.78 Å². The van der Waals surface area contributed by atoms with E-state index >= 15 is 0 Å². The molecule has 0 aromatic heterocycles. The van der Waals surface area contributed by atoms with Crippen molar-refractivity contribution >= 4 is 11.9 Å². The second kappa shape index (κ2) is 5.07. The zero-order chi connectivity index (χ0) is 12.4. The maximum Gasteiger partial charge on any atom is 0.410 e. The first kappa shape index (κ1) is 12.4. The summed E-state index contributed by atoms with van der Waals surface area (Å²) in [7, 11) is 0. The number of hydrogen-bond donors (Lipinski definition) is 0. The van der Waals surface area contributed by atoms with Gasteiger partial charge in [-0.2, -0.15) is 0 Å². The van der Waals surface area contributed by atoms with E-state index in [0.717, 1.165) is 13.0 Å². The van der Waals surface area contributed by atoms with Crippen molar-refractivity contribution in [3.05, 3.63) is 0 Å². The molecule has 1 aliphatic heterocycles. The summed E-state index contributed by atoms with van der Waals surface area (Å²) in [5, 5.41) is 0. The first-order chi connectivity index (χ1) is 8.13. The molecule has 1 saturated heterocycles. The molecule has 0 aromatic carbocycles. The summed E-state index contributed by atoms with van der Waals surface area (Å²) in [4.78, 5) is 25.0. The Bertz CT molecular complexity index is 316. The summed E-state index contributed by atoms with van der Waals surface area (Å²) >= 11 is 0. The molecule has 0 spiro atoms. The molecule has 0 aromatic rings. The van der Waals surface area contributed by atoms with Crippen LogP contribution < -0.4 is 0 Å². The van der Waals surface area contributed by atoms with Gasteiger partial charge in [0.15, 0.2) is 0 Å². The van der Waals surface area contributed by atoms with Crippen LogP contribution in [0, 0.1) is 11.8 Å². The van der Waals surface area contributed by atoms with Gasteiger partial charge in [-0.15, -0.1) is 0 Å². The average molecular weight is 239 g/mol. The van der Waals surface area contributed by atoms with Crippen LogP contribution in [0.5, 0.6) is 0 Å². The first-order valence-corrected chi connectivity index (χ1v) is 6.56. The van der Waals surface area contributed by atoms with Gasteiger partial charge < -0.3 is 9.64 Å². The van der Waals surface area contributed by atoms with Gasteiger partial charge in [-0.1, -0.05) is 6.42 Å². The quantitative estimate of drug-likeness (QED) is 0.758. The number of ketones is 1. The molecule has 4 nitrogen and oxygen atoms in total. The van der Waals surface area contributed by atoms with E-state index in [0.29, 0.717) is 24.9 Å². The lowest BCUT2D eigenvalue weighted by atomic mass is 9.91. The van der Waals surface area contributed by atoms with Crippen molar-refractivity contribution in [2.75, 3.05) is 13.2 Å². The molecule has 3 atom stereocenters. The molecule has 1 amide bonds. The number of carbonyl (C=O) groups excluding carboxylic acids is 2. The third-order valence-corrected chi connectivity index (χ3v) is 4.04. The van der Waals surface area contributed by atoms with Crippen molar-refractivity contribution in [3.8, 4) is 0 Å². The number of Topliss-reactive ketones (excluding diaryl/α,β-unsaturated/α-hetero) is 1. The molecule has 1 aliphatic carbocycles. The highest BCUT2D eigenvalue weighted by molar-refractivity contribution is 5.77. The second-order valence-electron chi connectivity index (χ2n) is 5.18. The van der Waals surface area contributed by atoms with Crippen molar-refractivity contribution in [2.45, 2.75) is 45.6 Å². The van der Waals surface area contributed by atoms with Gasteiger partial charge >= 0.3 is 6.09 Å². The monoisotopic (exact) mass is 239 g/mol. The summed E-state index contributed by atoms with van der Waals surface area (Å²) in [6.07, 6.45) is 3.82. The minimum absolute atomic E-state index is 0.0825. The summed E-state index contributed by atoms with van der Waals surface area (Å²) in [5.74, 6) is 1.27. The minimum Gasteiger partial charge on any atom is -0.450 e. The SMILES string of the molecule is CCOC(=O)N1CC2CCCC2C1CC(C)=O. The third-order valence-electron chi connectivity index (χ3n) is 4.04. The fourth-order valence-electron chi connectivity index (χ4n) is 3.39. The van der Waals surface area contributed by atoms with Gasteiger partial charge in [0.25, 0.3) is 0 Å². The smallest absolute Gasteiger partial charge is 0.410 e. The van der Waals surface area contributed by atoms with E-state index < -0.39 is 0 Å². The fraction of sp³-hybridized carbons (Fsp3) is 0.846. The van der Waals surface area contributed by atoms with Crippen molar-refractivity contribution in [1.29, 1.82) is 0 Å². The minimum atomic E-state index is -0.242. The van der Waals surface area contributed by atoms with Gasteiger partial charge in [0.2, 0.25) is 0 Å². The van der Waals surface area contributed by atoms with Crippen LogP contribution >= 0.6 is 0 Å². The molecule has 2 rings (SSSR count). The number of rotatable bonds is 3. The Labute approximate surface area is 102 Å². The van der Waals surface area contributed by atoms with Crippen LogP contribution in [-0.4, -0.2) is 36.0 Å². The molecular weight excluding hydrogens is 218 g/mol. The predicted molar refractivity (Wildman–Crippen MR) is 63.6 cm³/mol. The predicted octanol–water partition coefficient (Wildman–Crippen LogP) is 2.22. The number of ether oxygens (including phenoxy) is 1. The van der Waals surface area contributed by atoms with Crippen LogP contribution in [0.15, 0.2) is 0 Å². The molecule has 1 saturated carbocycles. The normalized spacial score (nSPS) is 31.4. The molecule has 3 unspecified atom stereocenters. The molecule has 0 bridgehead atoms. The lowest BCUT2D eigenvalue weighted by molar-refractivity contribution is -0.118. The lowest BCUT2D eigenvalue weighted by Gasteiger charge is -2.26. The Balaban J connectivity index is 2.08. The summed E-state index contributed by atoms with van der Waals surface area (Å²) in [5.41, 5.74) is 0. The average Bonchev–Trinajstić information content (AvgIpc) is 2.80. The van der Waals surface area contributed by atoms with Gasteiger partial charge in [-0.05, 0) is 38.5 Å². The van der Waals surface area contributed by atoms with Crippen LogP contribution in [0.4, 0.5) is 4.79 Å². The zero-order valence-electron chi connectivity index (χ0n) is 10.6. The van der Waals surface area contributed by atoms with Crippen LogP contribution in [0.2, 0.25) is 0 Å². The molecule has 0 N–H and O–H groups in total. The molecule has 4 heteroatoms. The number of carbonyl (C=O) groups is 2. The van der Waals surface area contributed by atoms with E-state index in [4.69, 9.17) is 4.74 Å².